The van der Waals surface area contributed by atoms with Crippen LogP contribution in [-0.2, 0) is 20.4 Å². The minimum Gasteiger partial charge on any atom is -0.325 e. The van der Waals surface area contributed by atoms with Gasteiger partial charge >= 0.3 is 0 Å². The minimum absolute atomic E-state index is 0.225. The number of benzene rings is 3. The number of rotatable bonds is 6. The van der Waals surface area contributed by atoms with Crippen molar-refractivity contribution in [3.05, 3.63) is 72.3 Å². The SMILES string of the molecule is Cc1ccc(NC(=O)C[S@@](=O)CC(=O)Nc2cccc3ccccc23)cc1. The van der Waals surface area contributed by atoms with Gasteiger partial charge in [-0.3, -0.25) is 13.8 Å². The molecule has 3 aromatic carbocycles. The van der Waals surface area contributed by atoms with Crippen LogP contribution in [0.3, 0.4) is 0 Å². The highest BCUT2D eigenvalue weighted by atomic mass is 32.2. The van der Waals surface area contributed by atoms with Crippen molar-refractivity contribution in [1.29, 1.82) is 0 Å². The number of amides is 2. The molecular weight excluding hydrogens is 360 g/mol. The molecular formula is C21H20N2O3S. The second-order valence-electron chi connectivity index (χ2n) is 6.22. The molecule has 0 unspecified atom stereocenters. The van der Waals surface area contributed by atoms with Crippen LogP contribution in [0.15, 0.2) is 66.7 Å². The van der Waals surface area contributed by atoms with Crippen LogP contribution in [0.25, 0.3) is 10.8 Å². The molecule has 0 saturated carbocycles. The highest BCUT2D eigenvalue weighted by Gasteiger charge is 2.13. The molecule has 3 rings (SSSR count). The lowest BCUT2D eigenvalue weighted by Crippen LogP contribution is -2.26. The first kappa shape index (κ1) is 18.8. The highest BCUT2D eigenvalue weighted by Crippen LogP contribution is 2.22. The molecule has 0 aliphatic heterocycles. The standard InChI is InChI=1S/C21H20N2O3S/c1-15-9-11-17(12-10-15)22-20(24)13-27(26)14-21(25)23-19-8-4-6-16-5-2-3-7-18(16)19/h2-12H,13-14H2,1H3,(H,22,24)(H,23,25)/t27-/m1/s1. The summed E-state index contributed by atoms with van der Waals surface area (Å²) in [5.41, 5.74) is 2.39. The van der Waals surface area contributed by atoms with Gasteiger partial charge in [0.25, 0.3) is 0 Å². The first-order chi connectivity index (χ1) is 13.0. The Balaban J connectivity index is 1.55. The summed E-state index contributed by atoms with van der Waals surface area (Å²) in [6.45, 7) is 1.95. The Morgan fingerprint density at radius 1 is 0.815 bits per heavy atom. The minimum atomic E-state index is -1.59. The van der Waals surface area contributed by atoms with Gasteiger partial charge in [0.05, 0.1) is 0 Å². The number of anilines is 2. The fourth-order valence-electron chi connectivity index (χ4n) is 2.70. The molecule has 0 bridgehead atoms. The van der Waals surface area contributed by atoms with Crippen LogP contribution in [0.4, 0.5) is 11.4 Å². The molecule has 0 heterocycles. The number of nitrogens with one attached hydrogen (secondary N) is 2. The third kappa shape index (κ3) is 5.24. The Morgan fingerprint density at radius 3 is 2.19 bits per heavy atom. The topological polar surface area (TPSA) is 75.3 Å². The van der Waals surface area contributed by atoms with Gasteiger partial charge in [-0.1, -0.05) is 54.1 Å². The van der Waals surface area contributed by atoms with E-state index in [1.165, 1.54) is 0 Å². The van der Waals surface area contributed by atoms with Gasteiger partial charge in [0.15, 0.2) is 0 Å². The summed E-state index contributed by atoms with van der Waals surface area (Å²) >= 11 is 0. The van der Waals surface area contributed by atoms with Crippen molar-refractivity contribution in [1.82, 2.24) is 0 Å². The third-order valence-corrected chi connectivity index (χ3v) is 5.15. The monoisotopic (exact) mass is 380 g/mol. The zero-order valence-corrected chi connectivity index (χ0v) is 15.7. The molecule has 2 N–H and O–H groups in total. The lowest BCUT2D eigenvalue weighted by molar-refractivity contribution is -0.114. The molecule has 0 aliphatic rings. The Bertz CT molecular complexity index is 994. The van der Waals surface area contributed by atoms with E-state index >= 15 is 0 Å². The third-order valence-electron chi connectivity index (χ3n) is 3.98. The van der Waals surface area contributed by atoms with Crippen LogP contribution in [-0.4, -0.2) is 27.5 Å². The number of hydrogen-bond acceptors (Lipinski definition) is 3. The van der Waals surface area contributed by atoms with Crippen LogP contribution in [0.1, 0.15) is 5.56 Å². The van der Waals surface area contributed by atoms with Gasteiger partial charge in [0, 0.05) is 27.6 Å². The van der Waals surface area contributed by atoms with Crippen molar-refractivity contribution in [2.75, 3.05) is 22.1 Å². The average molecular weight is 380 g/mol. The average Bonchev–Trinajstić information content (AvgIpc) is 2.63. The maximum atomic E-state index is 12.2. The Kier molecular flexibility index (Phi) is 5.98. The van der Waals surface area contributed by atoms with E-state index in [0.717, 1.165) is 16.3 Å². The van der Waals surface area contributed by atoms with E-state index in [4.69, 9.17) is 0 Å². The summed E-state index contributed by atoms with van der Waals surface area (Å²) in [6.07, 6.45) is 0. The molecule has 0 aromatic heterocycles. The molecule has 0 fully saturated rings. The molecule has 0 spiro atoms. The van der Waals surface area contributed by atoms with Crippen LogP contribution < -0.4 is 10.6 Å². The lowest BCUT2D eigenvalue weighted by Gasteiger charge is -2.09. The largest absolute Gasteiger partial charge is 0.325 e. The van der Waals surface area contributed by atoms with Gasteiger partial charge < -0.3 is 10.6 Å². The highest BCUT2D eigenvalue weighted by molar-refractivity contribution is 7.86. The van der Waals surface area contributed by atoms with Crippen molar-refractivity contribution in [3.8, 4) is 0 Å². The maximum Gasteiger partial charge on any atom is 0.237 e. The summed E-state index contributed by atoms with van der Waals surface area (Å²) in [5, 5.41) is 7.39. The molecule has 0 radical (unpaired) electrons. The first-order valence-electron chi connectivity index (χ1n) is 8.50. The van der Waals surface area contributed by atoms with Crippen molar-refractivity contribution < 1.29 is 13.8 Å². The zero-order chi connectivity index (χ0) is 19.2. The first-order valence-corrected chi connectivity index (χ1v) is 9.99. The molecule has 138 valence electrons. The van der Waals surface area contributed by atoms with Crippen LogP contribution in [0.2, 0.25) is 0 Å². The summed E-state index contributed by atoms with van der Waals surface area (Å²) in [6, 6.07) is 20.6. The second kappa shape index (κ2) is 8.60. The van der Waals surface area contributed by atoms with Crippen LogP contribution in [0.5, 0.6) is 0 Å². The predicted molar refractivity (Wildman–Crippen MR) is 110 cm³/mol. The van der Waals surface area contributed by atoms with Gasteiger partial charge in [-0.15, -0.1) is 0 Å². The molecule has 3 aromatic rings. The van der Waals surface area contributed by atoms with E-state index in [-0.39, 0.29) is 23.3 Å². The Morgan fingerprint density at radius 2 is 1.44 bits per heavy atom. The number of hydrogen-bond donors (Lipinski definition) is 2. The molecule has 6 heteroatoms. The predicted octanol–water partition coefficient (Wildman–Crippen LogP) is 3.47. The fraction of sp³-hybridized carbons (Fsp3) is 0.143. The van der Waals surface area contributed by atoms with Gasteiger partial charge in [0.1, 0.15) is 11.5 Å². The second-order valence-corrected chi connectivity index (χ2v) is 7.67. The normalized spacial score (nSPS) is 11.7. The van der Waals surface area contributed by atoms with Crippen molar-refractivity contribution in [2.45, 2.75) is 6.92 Å². The quantitative estimate of drug-likeness (QED) is 0.687. The summed E-state index contributed by atoms with van der Waals surface area (Å²) in [7, 11) is -1.59. The van der Waals surface area contributed by atoms with Crippen molar-refractivity contribution >= 4 is 44.8 Å². The molecule has 2 amide bonds. The van der Waals surface area contributed by atoms with E-state index in [0.29, 0.717) is 11.4 Å². The Labute approximate surface area is 160 Å². The number of carbonyl (C=O) groups excluding carboxylic acids is 2. The van der Waals surface area contributed by atoms with Crippen LogP contribution in [0, 0.1) is 6.92 Å². The number of aryl methyl sites for hydroxylation is 1. The van der Waals surface area contributed by atoms with Crippen molar-refractivity contribution in [3.63, 3.8) is 0 Å². The molecule has 27 heavy (non-hydrogen) atoms. The van der Waals surface area contributed by atoms with Gasteiger partial charge in [-0.25, -0.2) is 0 Å². The molecule has 1 atom stereocenters. The molecule has 0 saturated heterocycles. The van der Waals surface area contributed by atoms with Gasteiger partial charge in [0.2, 0.25) is 11.8 Å². The van der Waals surface area contributed by atoms with Crippen LogP contribution >= 0.6 is 0 Å². The lowest BCUT2D eigenvalue weighted by atomic mass is 10.1. The van der Waals surface area contributed by atoms with E-state index in [1.807, 2.05) is 55.5 Å². The fourth-order valence-corrected chi connectivity index (χ4v) is 3.53. The molecule has 0 aliphatic carbocycles. The number of fused-ring (bicyclic) bond motifs is 1. The van der Waals surface area contributed by atoms with E-state index in [1.54, 1.807) is 18.2 Å². The summed E-state index contributed by atoms with van der Waals surface area (Å²) < 4.78 is 12.2. The molecule has 5 nitrogen and oxygen atoms in total. The number of carbonyl (C=O) groups is 2. The zero-order valence-electron chi connectivity index (χ0n) is 14.9. The summed E-state index contributed by atoms with van der Waals surface area (Å²) in [5.74, 6) is -1.22. The van der Waals surface area contributed by atoms with E-state index in [9.17, 15) is 13.8 Å². The smallest absolute Gasteiger partial charge is 0.237 e. The van der Waals surface area contributed by atoms with E-state index < -0.39 is 10.8 Å². The van der Waals surface area contributed by atoms with Gasteiger partial charge in [-0.05, 0) is 30.5 Å². The van der Waals surface area contributed by atoms with Crippen molar-refractivity contribution in [2.24, 2.45) is 0 Å². The maximum absolute atomic E-state index is 12.2. The Hall–Kier alpha value is -2.99. The van der Waals surface area contributed by atoms with E-state index in [2.05, 4.69) is 10.6 Å². The van der Waals surface area contributed by atoms with Gasteiger partial charge in [-0.2, -0.15) is 0 Å². The summed E-state index contributed by atoms with van der Waals surface area (Å²) in [4.78, 5) is 24.2.